The Hall–Kier alpha value is -2.73. The molecule has 6 nitrogen and oxygen atoms in total. The van der Waals surface area contributed by atoms with Crippen molar-refractivity contribution in [1.29, 1.82) is 0 Å². The topological polar surface area (TPSA) is 75.9 Å². The molecule has 1 saturated heterocycles. The minimum Gasteiger partial charge on any atom is -0.406 e. The van der Waals surface area contributed by atoms with E-state index in [4.69, 9.17) is 4.42 Å². The molecule has 2 N–H and O–H groups in total. The molecule has 1 aromatic carbocycles. The maximum Gasteiger partial charge on any atom is 0.320 e. The van der Waals surface area contributed by atoms with Crippen molar-refractivity contribution in [2.45, 2.75) is 18.9 Å². The van der Waals surface area contributed by atoms with Crippen molar-refractivity contribution in [3.63, 3.8) is 0 Å². The lowest BCUT2D eigenvalue weighted by Crippen LogP contribution is -2.12. The molecule has 0 aliphatic carbocycles. The number of benzene rings is 1. The van der Waals surface area contributed by atoms with E-state index in [0.717, 1.165) is 36.2 Å². The highest BCUT2D eigenvalue weighted by atomic mass is 16.4. The van der Waals surface area contributed by atoms with Crippen LogP contribution in [0.25, 0.3) is 11.1 Å². The first-order valence-corrected chi connectivity index (χ1v) is 7.73. The van der Waals surface area contributed by atoms with Gasteiger partial charge in [-0.3, -0.25) is 4.98 Å². The monoisotopic (exact) mass is 307 g/mol. The van der Waals surface area contributed by atoms with Crippen LogP contribution >= 0.6 is 0 Å². The summed E-state index contributed by atoms with van der Waals surface area (Å²) in [5.41, 5.74) is 3.19. The third-order valence-electron chi connectivity index (χ3n) is 3.95. The van der Waals surface area contributed by atoms with Gasteiger partial charge in [0, 0.05) is 18.1 Å². The van der Waals surface area contributed by atoms with Crippen LogP contribution in [0.5, 0.6) is 0 Å². The van der Waals surface area contributed by atoms with Gasteiger partial charge in [-0.1, -0.05) is 17.2 Å². The molecule has 2 aromatic heterocycles. The van der Waals surface area contributed by atoms with E-state index >= 15 is 0 Å². The summed E-state index contributed by atoms with van der Waals surface area (Å²) >= 11 is 0. The van der Waals surface area contributed by atoms with Gasteiger partial charge in [0.2, 0.25) is 5.89 Å². The molecule has 1 aliphatic heterocycles. The molecular weight excluding hydrogens is 290 g/mol. The lowest BCUT2D eigenvalue weighted by atomic mass is 10.1. The van der Waals surface area contributed by atoms with Gasteiger partial charge in [0.15, 0.2) is 0 Å². The second-order valence-electron chi connectivity index (χ2n) is 5.53. The summed E-state index contributed by atoms with van der Waals surface area (Å²) in [4.78, 5) is 4.03. The standard InChI is InChI=1S/C17H17N5O/c1-2-15(19-9-1)16-21-22-17(23-16)20-14-5-3-12(4-6-14)13-7-10-18-11-8-13/h3-8,10-11,15,19H,1-2,9H2,(H,20,22). The fourth-order valence-corrected chi connectivity index (χ4v) is 2.74. The van der Waals surface area contributed by atoms with Crippen LogP contribution < -0.4 is 10.6 Å². The predicted octanol–water partition coefficient (Wildman–Crippen LogP) is 3.30. The predicted molar refractivity (Wildman–Crippen MR) is 87.2 cm³/mol. The van der Waals surface area contributed by atoms with Crippen LogP contribution in [0.15, 0.2) is 53.2 Å². The average molecular weight is 307 g/mol. The van der Waals surface area contributed by atoms with E-state index < -0.39 is 0 Å². The molecule has 23 heavy (non-hydrogen) atoms. The van der Waals surface area contributed by atoms with Gasteiger partial charge in [-0.15, -0.1) is 5.10 Å². The van der Waals surface area contributed by atoms with Crippen molar-refractivity contribution in [2.24, 2.45) is 0 Å². The maximum atomic E-state index is 5.68. The average Bonchev–Trinajstić information content (AvgIpc) is 3.28. The normalized spacial score (nSPS) is 17.3. The smallest absolute Gasteiger partial charge is 0.320 e. The first kappa shape index (κ1) is 13.9. The molecule has 6 heteroatoms. The summed E-state index contributed by atoms with van der Waals surface area (Å²) < 4.78 is 5.68. The Kier molecular flexibility index (Phi) is 3.73. The molecule has 0 amide bonds. The van der Waals surface area contributed by atoms with Gasteiger partial charge < -0.3 is 15.1 Å². The molecule has 1 unspecified atom stereocenters. The second-order valence-corrected chi connectivity index (χ2v) is 5.53. The number of rotatable bonds is 4. The van der Waals surface area contributed by atoms with Gasteiger partial charge in [-0.05, 0) is 54.8 Å². The quantitative estimate of drug-likeness (QED) is 0.770. The van der Waals surface area contributed by atoms with Gasteiger partial charge in [0.1, 0.15) is 0 Å². The van der Waals surface area contributed by atoms with Gasteiger partial charge >= 0.3 is 6.01 Å². The van der Waals surface area contributed by atoms with Crippen molar-refractivity contribution in [1.82, 2.24) is 20.5 Å². The number of anilines is 2. The zero-order chi connectivity index (χ0) is 15.5. The van der Waals surface area contributed by atoms with Crippen LogP contribution in [0.4, 0.5) is 11.7 Å². The summed E-state index contributed by atoms with van der Waals surface area (Å²) in [6, 6.07) is 12.7. The molecule has 1 atom stereocenters. The van der Waals surface area contributed by atoms with Crippen molar-refractivity contribution >= 4 is 11.7 Å². The van der Waals surface area contributed by atoms with Crippen LogP contribution in [0.3, 0.4) is 0 Å². The summed E-state index contributed by atoms with van der Waals surface area (Å²) in [5.74, 6) is 0.651. The second kappa shape index (κ2) is 6.18. The van der Waals surface area contributed by atoms with E-state index in [1.54, 1.807) is 12.4 Å². The SMILES string of the molecule is c1cc(-c2ccc(Nc3nnc(C4CCCN4)o3)cc2)ccn1. The molecule has 116 valence electrons. The Balaban J connectivity index is 1.47. The summed E-state index contributed by atoms with van der Waals surface area (Å²) in [7, 11) is 0. The minimum absolute atomic E-state index is 0.187. The van der Waals surface area contributed by atoms with E-state index in [1.165, 1.54) is 0 Å². The highest BCUT2D eigenvalue weighted by Gasteiger charge is 2.22. The number of pyridine rings is 1. The molecule has 3 heterocycles. The van der Waals surface area contributed by atoms with Crippen LogP contribution in [-0.2, 0) is 0 Å². The van der Waals surface area contributed by atoms with Gasteiger partial charge in [-0.25, -0.2) is 0 Å². The Labute approximate surface area is 134 Å². The zero-order valence-electron chi connectivity index (χ0n) is 12.6. The van der Waals surface area contributed by atoms with Crippen LogP contribution in [0.1, 0.15) is 24.8 Å². The molecule has 0 bridgehead atoms. The first-order chi connectivity index (χ1) is 11.4. The highest BCUT2D eigenvalue weighted by molar-refractivity contribution is 5.66. The van der Waals surface area contributed by atoms with Crippen molar-refractivity contribution in [2.75, 3.05) is 11.9 Å². The fourth-order valence-electron chi connectivity index (χ4n) is 2.74. The third kappa shape index (κ3) is 3.07. The van der Waals surface area contributed by atoms with Crippen molar-refractivity contribution in [3.05, 3.63) is 54.7 Å². The minimum atomic E-state index is 0.187. The third-order valence-corrected chi connectivity index (χ3v) is 3.95. The Morgan fingerprint density at radius 1 is 1.00 bits per heavy atom. The first-order valence-electron chi connectivity index (χ1n) is 7.73. The summed E-state index contributed by atoms with van der Waals surface area (Å²) in [6.07, 6.45) is 5.77. The van der Waals surface area contributed by atoms with E-state index in [9.17, 15) is 0 Å². The molecule has 0 saturated carbocycles. The molecule has 1 fully saturated rings. The zero-order valence-corrected chi connectivity index (χ0v) is 12.6. The van der Waals surface area contributed by atoms with E-state index in [1.807, 2.05) is 36.4 Å². The highest BCUT2D eigenvalue weighted by Crippen LogP contribution is 2.25. The number of nitrogens with zero attached hydrogens (tertiary/aromatic N) is 3. The Morgan fingerprint density at radius 3 is 2.52 bits per heavy atom. The van der Waals surface area contributed by atoms with Crippen molar-refractivity contribution < 1.29 is 4.42 Å². The van der Waals surface area contributed by atoms with E-state index in [2.05, 4.69) is 25.8 Å². The number of hydrogen-bond acceptors (Lipinski definition) is 6. The van der Waals surface area contributed by atoms with Gasteiger partial charge in [0.25, 0.3) is 0 Å². The van der Waals surface area contributed by atoms with Crippen LogP contribution in [0.2, 0.25) is 0 Å². The molecule has 0 spiro atoms. The number of nitrogens with one attached hydrogen (secondary N) is 2. The fraction of sp³-hybridized carbons (Fsp3) is 0.235. The lowest BCUT2D eigenvalue weighted by Gasteiger charge is -2.05. The molecule has 0 radical (unpaired) electrons. The molecule has 4 rings (SSSR count). The lowest BCUT2D eigenvalue weighted by molar-refractivity contribution is 0.439. The summed E-state index contributed by atoms with van der Waals surface area (Å²) in [6.45, 7) is 1.01. The van der Waals surface area contributed by atoms with Crippen LogP contribution in [-0.4, -0.2) is 21.7 Å². The van der Waals surface area contributed by atoms with E-state index in [-0.39, 0.29) is 6.04 Å². The number of aromatic nitrogens is 3. The van der Waals surface area contributed by atoms with E-state index in [0.29, 0.717) is 11.9 Å². The molecule has 3 aromatic rings. The summed E-state index contributed by atoms with van der Waals surface area (Å²) in [5, 5.41) is 14.7. The maximum absolute atomic E-state index is 5.68. The van der Waals surface area contributed by atoms with Gasteiger partial charge in [0.05, 0.1) is 6.04 Å². The van der Waals surface area contributed by atoms with Crippen LogP contribution in [0, 0.1) is 0 Å². The van der Waals surface area contributed by atoms with Crippen molar-refractivity contribution in [3.8, 4) is 11.1 Å². The number of hydrogen-bond donors (Lipinski definition) is 2. The molecule has 1 aliphatic rings. The Bertz CT molecular complexity index is 763. The molecular formula is C17H17N5O. The largest absolute Gasteiger partial charge is 0.406 e. The van der Waals surface area contributed by atoms with Gasteiger partial charge in [-0.2, -0.15) is 0 Å². The Morgan fingerprint density at radius 2 is 1.78 bits per heavy atom.